The average Bonchev–Trinajstić information content (AvgIpc) is 3.36. The Morgan fingerprint density at radius 1 is 0.949 bits per heavy atom. The Balaban J connectivity index is 1.42. The normalized spacial score (nSPS) is 19.9. The van der Waals surface area contributed by atoms with Crippen molar-refractivity contribution >= 4 is 17.9 Å². The number of hydrogen-bond acceptors (Lipinski definition) is 5. The van der Waals surface area contributed by atoms with E-state index in [1.807, 2.05) is 30.3 Å². The first-order valence-corrected chi connectivity index (χ1v) is 14.0. The highest BCUT2D eigenvalue weighted by molar-refractivity contribution is 5.96. The summed E-state index contributed by atoms with van der Waals surface area (Å²) in [5.41, 5.74) is 3.26. The van der Waals surface area contributed by atoms with Crippen LogP contribution in [0.15, 0.2) is 60.8 Å². The topological polar surface area (TPSA) is 93.9 Å². The number of amides is 1. The molecule has 1 aliphatic carbocycles. The monoisotopic (exact) mass is 531 g/mol. The molecule has 0 radical (unpaired) electrons. The lowest BCUT2D eigenvalue weighted by Gasteiger charge is -2.36. The van der Waals surface area contributed by atoms with Gasteiger partial charge in [-0.1, -0.05) is 49.4 Å². The summed E-state index contributed by atoms with van der Waals surface area (Å²) in [6, 6.07) is 18.3. The molecule has 0 unspecified atom stereocenters. The molecule has 2 aliphatic rings. The van der Waals surface area contributed by atoms with Gasteiger partial charge < -0.3 is 14.6 Å². The van der Waals surface area contributed by atoms with Crippen LogP contribution in [0.2, 0.25) is 0 Å². The van der Waals surface area contributed by atoms with Gasteiger partial charge in [-0.05, 0) is 80.5 Å². The van der Waals surface area contributed by atoms with Crippen LogP contribution in [0.4, 0.5) is 10.6 Å². The number of rotatable bonds is 8. The van der Waals surface area contributed by atoms with E-state index in [1.165, 1.54) is 11.1 Å². The molecule has 8 heteroatoms. The van der Waals surface area contributed by atoms with E-state index in [4.69, 9.17) is 14.6 Å². The lowest BCUT2D eigenvalue weighted by Crippen LogP contribution is -2.47. The Hall–Kier alpha value is -3.65. The van der Waals surface area contributed by atoms with Crippen molar-refractivity contribution in [2.45, 2.75) is 64.3 Å². The number of carbonyl (C=O) groups is 2. The first-order valence-electron chi connectivity index (χ1n) is 14.0. The highest BCUT2D eigenvalue weighted by Crippen LogP contribution is 2.37. The quantitative estimate of drug-likeness (QED) is 0.356. The van der Waals surface area contributed by atoms with E-state index < -0.39 is 6.16 Å². The van der Waals surface area contributed by atoms with Crippen molar-refractivity contribution in [2.24, 2.45) is 11.8 Å². The van der Waals surface area contributed by atoms with Gasteiger partial charge in [0.1, 0.15) is 0 Å². The predicted octanol–water partition coefficient (Wildman–Crippen LogP) is 6.05. The van der Waals surface area contributed by atoms with Crippen LogP contribution in [-0.2, 0) is 22.4 Å². The molecule has 1 aliphatic heterocycles. The number of carbonyl (C=O) groups excluding carboxylic acids is 1. The Kier molecular flexibility index (Phi) is 8.61. The average molecular weight is 532 g/mol. The third kappa shape index (κ3) is 6.68. The van der Waals surface area contributed by atoms with Gasteiger partial charge in [0.2, 0.25) is 11.7 Å². The van der Waals surface area contributed by atoms with Crippen LogP contribution in [0, 0.1) is 11.8 Å². The minimum Gasteiger partial charge on any atom is -0.449 e. The summed E-state index contributed by atoms with van der Waals surface area (Å²) in [5, 5.41) is 14.2. The minimum absolute atomic E-state index is 0.00514. The van der Waals surface area contributed by atoms with Gasteiger partial charge in [-0.25, -0.2) is 9.48 Å². The van der Waals surface area contributed by atoms with E-state index in [2.05, 4.69) is 31.2 Å². The smallest absolute Gasteiger partial charge is 0.449 e. The van der Waals surface area contributed by atoms with Gasteiger partial charge in [0, 0.05) is 25.2 Å². The molecule has 2 aromatic carbocycles. The molecule has 8 nitrogen and oxygen atoms in total. The maximum atomic E-state index is 14.0. The molecule has 5 rings (SSSR count). The molecule has 3 aromatic rings. The molecule has 0 atom stereocenters. The minimum atomic E-state index is -1.43. The first kappa shape index (κ1) is 26.9. The number of aromatic nitrogens is 2. The second-order valence-electron chi connectivity index (χ2n) is 10.8. The van der Waals surface area contributed by atoms with Gasteiger partial charge in [0.05, 0.1) is 11.9 Å². The molecule has 1 N–H and O–H groups in total. The molecule has 1 amide bonds. The Labute approximate surface area is 229 Å². The van der Waals surface area contributed by atoms with Gasteiger partial charge in [-0.15, -0.1) is 5.10 Å². The Morgan fingerprint density at radius 3 is 2.23 bits per heavy atom. The maximum absolute atomic E-state index is 14.0. The second kappa shape index (κ2) is 12.5. The van der Waals surface area contributed by atoms with Crippen LogP contribution in [-0.4, -0.2) is 46.2 Å². The van der Waals surface area contributed by atoms with E-state index >= 15 is 0 Å². The lowest BCUT2D eigenvalue weighted by molar-refractivity contribution is -0.124. The third-order valence-electron chi connectivity index (χ3n) is 7.99. The fraction of sp³-hybridized carbons (Fsp3) is 0.452. The molecule has 2 heterocycles. The van der Waals surface area contributed by atoms with E-state index in [-0.39, 0.29) is 29.4 Å². The van der Waals surface area contributed by atoms with Gasteiger partial charge >= 0.3 is 6.16 Å². The zero-order valence-corrected chi connectivity index (χ0v) is 22.5. The summed E-state index contributed by atoms with van der Waals surface area (Å²) in [6.07, 6.45) is 7.03. The molecule has 2 fully saturated rings. The van der Waals surface area contributed by atoms with Crippen molar-refractivity contribution in [3.8, 4) is 11.4 Å². The second-order valence-corrected chi connectivity index (χ2v) is 10.8. The molecular formula is C31H37N3O5. The summed E-state index contributed by atoms with van der Waals surface area (Å²) in [6.45, 7) is 3.33. The number of aryl methyl sites for hydroxylation is 2. The first-order chi connectivity index (χ1) is 19.0. The molecule has 1 saturated carbocycles. The summed E-state index contributed by atoms with van der Waals surface area (Å²) < 4.78 is 12.4. The van der Waals surface area contributed by atoms with Crippen LogP contribution in [0.5, 0.6) is 5.75 Å². The summed E-state index contributed by atoms with van der Waals surface area (Å²) in [4.78, 5) is 27.3. The van der Waals surface area contributed by atoms with Crippen LogP contribution in [0.3, 0.4) is 0 Å². The maximum Gasteiger partial charge on any atom is 0.511 e. The highest BCUT2D eigenvalue weighted by Gasteiger charge is 2.37. The van der Waals surface area contributed by atoms with Gasteiger partial charge in [-0.2, -0.15) is 0 Å². The largest absolute Gasteiger partial charge is 0.511 e. The van der Waals surface area contributed by atoms with Crippen molar-refractivity contribution < 1.29 is 24.2 Å². The molecule has 1 aromatic heterocycles. The number of nitrogens with zero attached hydrogens (tertiary/aromatic N) is 3. The fourth-order valence-electron chi connectivity index (χ4n) is 5.67. The van der Waals surface area contributed by atoms with Gasteiger partial charge in [0.25, 0.3) is 0 Å². The van der Waals surface area contributed by atoms with Crippen molar-refractivity contribution in [1.82, 2.24) is 9.78 Å². The molecule has 39 heavy (non-hydrogen) atoms. The van der Waals surface area contributed by atoms with Crippen molar-refractivity contribution in [2.75, 3.05) is 18.1 Å². The van der Waals surface area contributed by atoms with E-state index in [1.54, 1.807) is 15.8 Å². The SMILES string of the molecule is C[C@H]1CC[C@H](C(=O)N(c2nn(-c3ccc(CCc4ccccc4)cc3)cc2OC(=O)O)C2CCOCC2)CC1. The molecule has 1 saturated heterocycles. The number of anilines is 1. The number of hydrogen-bond donors (Lipinski definition) is 1. The molecular weight excluding hydrogens is 494 g/mol. The van der Waals surface area contributed by atoms with Crippen molar-refractivity contribution in [3.63, 3.8) is 0 Å². The van der Waals surface area contributed by atoms with Crippen LogP contribution in [0.1, 0.15) is 56.6 Å². The summed E-state index contributed by atoms with van der Waals surface area (Å²) in [5.74, 6) is 0.855. The van der Waals surface area contributed by atoms with Gasteiger partial charge in [0.15, 0.2) is 5.75 Å². The standard InChI is InChI=1S/C31H37N3O5/c1-22-7-13-25(14-8-22)30(35)34(27-17-19-38-20-18-27)29-28(39-31(36)37)21-33(32-29)26-15-11-24(12-16-26)10-9-23-5-3-2-4-6-23/h2-6,11-12,15-16,21-22,25,27H,7-10,13-14,17-20H2,1H3,(H,36,37)/t22-,25-. The molecule has 0 spiro atoms. The lowest BCUT2D eigenvalue weighted by atomic mass is 9.82. The molecule has 206 valence electrons. The highest BCUT2D eigenvalue weighted by atomic mass is 16.7. The van der Waals surface area contributed by atoms with Crippen molar-refractivity contribution in [1.29, 1.82) is 0 Å². The van der Waals surface area contributed by atoms with E-state index in [0.29, 0.717) is 32.0 Å². The van der Waals surface area contributed by atoms with Crippen LogP contribution in [0.25, 0.3) is 5.69 Å². The third-order valence-corrected chi connectivity index (χ3v) is 7.99. The zero-order chi connectivity index (χ0) is 27.2. The molecule has 0 bridgehead atoms. The summed E-state index contributed by atoms with van der Waals surface area (Å²) >= 11 is 0. The van der Waals surface area contributed by atoms with E-state index in [0.717, 1.165) is 44.2 Å². The summed E-state index contributed by atoms with van der Waals surface area (Å²) in [7, 11) is 0. The van der Waals surface area contributed by atoms with Gasteiger partial charge in [-0.3, -0.25) is 9.69 Å². The van der Waals surface area contributed by atoms with Crippen LogP contribution >= 0.6 is 0 Å². The number of ether oxygens (including phenoxy) is 2. The Bertz CT molecular complexity index is 1240. The number of carboxylic acid groups (broad SMARTS) is 1. The Morgan fingerprint density at radius 2 is 1.59 bits per heavy atom. The number of benzene rings is 2. The van der Waals surface area contributed by atoms with E-state index in [9.17, 15) is 14.7 Å². The van der Waals surface area contributed by atoms with Crippen LogP contribution < -0.4 is 9.64 Å². The van der Waals surface area contributed by atoms with Crippen molar-refractivity contribution in [3.05, 3.63) is 71.9 Å². The fourth-order valence-corrected chi connectivity index (χ4v) is 5.67. The predicted molar refractivity (Wildman–Crippen MR) is 149 cm³/mol. The zero-order valence-electron chi connectivity index (χ0n) is 22.5.